The van der Waals surface area contributed by atoms with Crippen molar-refractivity contribution < 1.29 is 23.5 Å². The molecule has 2 aromatic rings. The van der Waals surface area contributed by atoms with Crippen LogP contribution in [-0.2, 0) is 4.79 Å². The SMILES string of the molecule is CC(=O)c1c(C)oc(NC(=O)COc2cc(C)ccc2C(C)C)c1C(N)=O. The summed E-state index contributed by atoms with van der Waals surface area (Å²) in [7, 11) is 0. The van der Waals surface area contributed by atoms with Crippen LogP contribution in [0.5, 0.6) is 5.75 Å². The minimum absolute atomic E-state index is 0.0690. The van der Waals surface area contributed by atoms with Crippen molar-refractivity contribution in [2.24, 2.45) is 5.73 Å². The lowest BCUT2D eigenvalue weighted by atomic mass is 10.0. The predicted octanol–water partition coefficient (Wildman–Crippen LogP) is 3.34. The fraction of sp³-hybridized carbons (Fsp3) is 0.350. The highest BCUT2D eigenvalue weighted by molar-refractivity contribution is 6.12. The molecule has 144 valence electrons. The van der Waals surface area contributed by atoms with E-state index in [-0.39, 0.29) is 41.1 Å². The molecule has 0 saturated carbocycles. The first-order valence-electron chi connectivity index (χ1n) is 8.59. The highest BCUT2D eigenvalue weighted by Gasteiger charge is 2.26. The molecule has 0 radical (unpaired) electrons. The first-order valence-corrected chi connectivity index (χ1v) is 8.59. The van der Waals surface area contributed by atoms with Crippen LogP contribution in [0.4, 0.5) is 5.88 Å². The summed E-state index contributed by atoms with van der Waals surface area (Å²) in [6, 6.07) is 5.81. The molecule has 0 aliphatic rings. The van der Waals surface area contributed by atoms with Crippen molar-refractivity contribution in [3.8, 4) is 5.75 Å². The second kappa shape index (κ2) is 8.07. The van der Waals surface area contributed by atoms with Gasteiger partial charge < -0.3 is 14.9 Å². The topological polar surface area (TPSA) is 112 Å². The Labute approximate surface area is 157 Å². The zero-order valence-electron chi connectivity index (χ0n) is 16.1. The van der Waals surface area contributed by atoms with Crippen molar-refractivity contribution in [1.82, 2.24) is 0 Å². The largest absolute Gasteiger partial charge is 0.483 e. The smallest absolute Gasteiger partial charge is 0.264 e. The Bertz CT molecular complexity index is 896. The maximum absolute atomic E-state index is 12.3. The molecule has 0 bridgehead atoms. The molecule has 0 aliphatic heterocycles. The van der Waals surface area contributed by atoms with Crippen molar-refractivity contribution in [3.05, 3.63) is 46.2 Å². The number of amides is 2. The summed E-state index contributed by atoms with van der Waals surface area (Å²) in [5, 5.41) is 2.46. The first-order chi connectivity index (χ1) is 12.6. The molecule has 7 heteroatoms. The van der Waals surface area contributed by atoms with E-state index in [1.54, 1.807) is 0 Å². The molecule has 2 rings (SSSR count). The molecule has 0 saturated heterocycles. The Kier molecular flexibility index (Phi) is 6.05. The average molecular weight is 372 g/mol. The van der Waals surface area contributed by atoms with Gasteiger partial charge in [0.25, 0.3) is 11.8 Å². The van der Waals surface area contributed by atoms with E-state index in [9.17, 15) is 14.4 Å². The van der Waals surface area contributed by atoms with Crippen LogP contribution in [0.3, 0.4) is 0 Å². The van der Waals surface area contributed by atoms with Crippen LogP contribution in [0, 0.1) is 13.8 Å². The average Bonchev–Trinajstić information content (AvgIpc) is 2.89. The second-order valence-corrected chi connectivity index (χ2v) is 6.69. The third-order valence-electron chi connectivity index (χ3n) is 4.09. The van der Waals surface area contributed by atoms with E-state index < -0.39 is 11.8 Å². The number of benzene rings is 1. The van der Waals surface area contributed by atoms with Gasteiger partial charge in [0.15, 0.2) is 12.4 Å². The highest BCUT2D eigenvalue weighted by atomic mass is 16.5. The number of hydrogen-bond acceptors (Lipinski definition) is 5. The van der Waals surface area contributed by atoms with Gasteiger partial charge in [-0.25, -0.2) is 0 Å². The van der Waals surface area contributed by atoms with Crippen molar-refractivity contribution in [2.75, 3.05) is 11.9 Å². The van der Waals surface area contributed by atoms with E-state index in [4.69, 9.17) is 14.9 Å². The van der Waals surface area contributed by atoms with Crippen LogP contribution in [-0.4, -0.2) is 24.2 Å². The molecule has 0 spiro atoms. The molecule has 27 heavy (non-hydrogen) atoms. The lowest BCUT2D eigenvalue weighted by Gasteiger charge is -2.14. The van der Waals surface area contributed by atoms with Gasteiger partial charge in [0.05, 0.1) is 5.56 Å². The number of Topliss-reactive ketones (excluding diaryl/α,β-unsaturated/α-hetero) is 1. The summed E-state index contributed by atoms with van der Waals surface area (Å²) in [4.78, 5) is 35.7. The van der Waals surface area contributed by atoms with Gasteiger partial charge in [-0.1, -0.05) is 26.0 Å². The highest BCUT2D eigenvalue weighted by Crippen LogP contribution is 2.29. The number of furan rings is 1. The lowest BCUT2D eigenvalue weighted by Crippen LogP contribution is -2.23. The molecule has 0 aliphatic carbocycles. The second-order valence-electron chi connectivity index (χ2n) is 6.69. The third kappa shape index (κ3) is 4.55. The summed E-state index contributed by atoms with van der Waals surface area (Å²) in [6.45, 7) is 8.54. The van der Waals surface area contributed by atoms with Gasteiger partial charge in [0, 0.05) is 0 Å². The normalized spacial score (nSPS) is 10.7. The van der Waals surface area contributed by atoms with Crippen LogP contribution in [0.15, 0.2) is 22.6 Å². The van der Waals surface area contributed by atoms with Crippen LogP contribution in [0.25, 0.3) is 0 Å². The van der Waals surface area contributed by atoms with Crippen molar-refractivity contribution in [3.63, 3.8) is 0 Å². The van der Waals surface area contributed by atoms with Gasteiger partial charge in [0.1, 0.15) is 17.1 Å². The van der Waals surface area contributed by atoms with E-state index in [2.05, 4.69) is 5.32 Å². The molecule has 7 nitrogen and oxygen atoms in total. The van der Waals surface area contributed by atoms with Crippen LogP contribution in [0.1, 0.15) is 64.3 Å². The number of rotatable bonds is 7. The summed E-state index contributed by atoms with van der Waals surface area (Å²) in [5.41, 5.74) is 7.28. The van der Waals surface area contributed by atoms with Gasteiger partial charge in [-0.2, -0.15) is 0 Å². The first kappa shape index (κ1) is 20.2. The molecule has 1 aromatic carbocycles. The fourth-order valence-corrected chi connectivity index (χ4v) is 2.84. The molecule has 1 heterocycles. The molecule has 2 amide bonds. The van der Waals surface area contributed by atoms with Crippen LogP contribution in [0.2, 0.25) is 0 Å². The molecule has 0 unspecified atom stereocenters. The number of anilines is 1. The van der Waals surface area contributed by atoms with Gasteiger partial charge in [0.2, 0.25) is 5.88 Å². The van der Waals surface area contributed by atoms with E-state index in [0.29, 0.717) is 5.75 Å². The van der Waals surface area contributed by atoms with Crippen molar-refractivity contribution >= 4 is 23.5 Å². The third-order valence-corrected chi connectivity index (χ3v) is 4.09. The standard InChI is InChI=1S/C20H24N2O5/c1-10(2)14-7-6-11(3)8-15(14)26-9-16(24)22-20-18(19(21)25)17(12(4)23)13(5)27-20/h6-8,10H,9H2,1-5H3,(H2,21,25)(H,22,24). The molecule has 0 atom stereocenters. The number of ether oxygens (including phenoxy) is 1. The summed E-state index contributed by atoms with van der Waals surface area (Å²) in [5.74, 6) is -0.832. The Morgan fingerprint density at radius 3 is 2.41 bits per heavy atom. The Balaban J connectivity index is 2.18. The molecule has 3 N–H and O–H groups in total. The number of primary amides is 1. The zero-order valence-corrected chi connectivity index (χ0v) is 16.1. The minimum atomic E-state index is -0.853. The number of nitrogens with two attached hydrogens (primary N) is 1. The number of carbonyl (C=O) groups is 3. The number of hydrogen-bond donors (Lipinski definition) is 2. The number of carbonyl (C=O) groups excluding carboxylic acids is 3. The predicted molar refractivity (Wildman–Crippen MR) is 101 cm³/mol. The lowest BCUT2D eigenvalue weighted by molar-refractivity contribution is -0.118. The summed E-state index contributed by atoms with van der Waals surface area (Å²) in [6.07, 6.45) is 0. The molecule has 0 fully saturated rings. The maximum Gasteiger partial charge on any atom is 0.264 e. The van der Waals surface area contributed by atoms with E-state index >= 15 is 0 Å². The number of nitrogens with one attached hydrogen (secondary N) is 1. The summed E-state index contributed by atoms with van der Waals surface area (Å²) >= 11 is 0. The zero-order chi connectivity index (χ0) is 20.3. The summed E-state index contributed by atoms with van der Waals surface area (Å²) < 4.78 is 11.0. The van der Waals surface area contributed by atoms with E-state index in [0.717, 1.165) is 11.1 Å². The molecular formula is C20H24N2O5. The minimum Gasteiger partial charge on any atom is -0.483 e. The number of aryl methyl sites for hydroxylation is 2. The van der Waals surface area contributed by atoms with Crippen molar-refractivity contribution in [1.29, 1.82) is 0 Å². The van der Waals surface area contributed by atoms with Crippen molar-refractivity contribution in [2.45, 2.75) is 40.5 Å². The number of ketones is 1. The molecule has 1 aromatic heterocycles. The Morgan fingerprint density at radius 2 is 1.85 bits per heavy atom. The van der Waals surface area contributed by atoms with Crippen LogP contribution >= 0.6 is 0 Å². The molecular weight excluding hydrogens is 348 g/mol. The fourth-order valence-electron chi connectivity index (χ4n) is 2.84. The van der Waals surface area contributed by atoms with Gasteiger partial charge >= 0.3 is 0 Å². The Morgan fingerprint density at radius 1 is 1.19 bits per heavy atom. The van der Waals surface area contributed by atoms with Gasteiger partial charge in [-0.05, 0) is 43.9 Å². The van der Waals surface area contributed by atoms with E-state index in [1.165, 1.54) is 13.8 Å². The van der Waals surface area contributed by atoms with Gasteiger partial charge in [-0.15, -0.1) is 0 Å². The van der Waals surface area contributed by atoms with E-state index in [1.807, 2.05) is 39.0 Å². The Hall–Kier alpha value is -3.09. The van der Waals surface area contributed by atoms with Crippen LogP contribution < -0.4 is 15.8 Å². The monoisotopic (exact) mass is 372 g/mol. The van der Waals surface area contributed by atoms with Gasteiger partial charge in [-0.3, -0.25) is 19.7 Å². The quantitative estimate of drug-likeness (QED) is 0.724. The maximum atomic E-state index is 12.3.